The van der Waals surface area contributed by atoms with Gasteiger partial charge in [-0.05, 0) is 43.4 Å². The maximum absolute atomic E-state index is 4.48. The van der Waals surface area contributed by atoms with Crippen molar-refractivity contribution in [3.05, 3.63) is 24.0 Å². The molecule has 1 saturated carbocycles. The first-order valence-electron chi connectivity index (χ1n) is 8.52. The minimum atomic E-state index is 0.683. The highest BCUT2D eigenvalue weighted by Gasteiger charge is 2.15. The summed E-state index contributed by atoms with van der Waals surface area (Å²) in [4.78, 5) is 6.88. The number of pyridine rings is 1. The minimum absolute atomic E-state index is 0.683. The van der Waals surface area contributed by atoms with Crippen LogP contribution in [0.3, 0.4) is 0 Å². The Labute approximate surface area is 130 Å². The molecule has 0 saturated heterocycles. The van der Waals surface area contributed by atoms with Gasteiger partial charge in [0.15, 0.2) is 0 Å². The van der Waals surface area contributed by atoms with Gasteiger partial charge in [-0.3, -0.25) is 4.98 Å². The Balaban J connectivity index is 1.86. The molecule has 1 fully saturated rings. The molecule has 3 nitrogen and oxygen atoms in total. The van der Waals surface area contributed by atoms with Gasteiger partial charge in [-0.2, -0.15) is 0 Å². The SMILES string of the molecule is CC(C)CNCc1cc(N(C)CC2CCCCC2)ccn1. The lowest BCUT2D eigenvalue weighted by Gasteiger charge is -2.28. The van der Waals surface area contributed by atoms with Crippen LogP contribution in [0.1, 0.15) is 51.6 Å². The van der Waals surface area contributed by atoms with E-state index in [0.717, 1.165) is 24.7 Å². The Morgan fingerprint density at radius 3 is 2.76 bits per heavy atom. The Morgan fingerprint density at radius 1 is 1.29 bits per heavy atom. The molecule has 2 rings (SSSR count). The fourth-order valence-electron chi connectivity index (χ4n) is 3.15. The van der Waals surface area contributed by atoms with Crippen LogP contribution in [-0.4, -0.2) is 25.1 Å². The average molecular weight is 289 g/mol. The number of aromatic nitrogens is 1. The van der Waals surface area contributed by atoms with Crippen molar-refractivity contribution < 1.29 is 0 Å². The summed E-state index contributed by atoms with van der Waals surface area (Å²) in [5.41, 5.74) is 2.44. The molecule has 1 aliphatic carbocycles. The molecule has 1 heterocycles. The maximum atomic E-state index is 4.48. The van der Waals surface area contributed by atoms with Crippen molar-refractivity contribution in [3.8, 4) is 0 Å². The van der Waals surface area contributed by atoms with Crippen LogP contribution in [0.15, 0.2) is 18.3 Å². The standard InChI is InChI=1S/C18H31N3/c1-15(2)12-19-13-17-11-18(9-10-20-17)21(3)14-16-7-5-4-6-8-16/h9-11,15-16,19H,4-8,12-14H2,1-3H3. The third kappa shape index (κ3) is 5.66. The second-order valence-corrected chi connectivity index (χ2v) is 6.91. The molecule has 118 valence electrons. The number of hydrogen-bond donors (Lipinski definition) is 1. The molecular weight excluding hydrogens is 258 g/mol. The van der Waals surface area contributed by atoms with Gasteiger partial charge >= 0.3 is 0 Å². The summed E-state index contributed by atoms with van der Waals surface area (Å²) in [6.07, 6.45) is 9.01. The van der Waals surface area contributed by atoms with E-state index in [1.807, 2.05) is 6.20 Å². The summed E-state index contributed by atoms with van der Waals surface area (Å²) in [5.74, 6) is 1.56. The van der Waals surface area contributed by atoms with E-state index in [2.05, 4.69) is 48.2 Å². The van der Waals surface area contributed by atoms with Crippen molar-refractivity contribution in [1.82, 2.24) is 10.3 Å². The summed E-state index contributed by atoms with van der Waals surface area (Å²) < 4.78 is 0. The largest absolute Gasteiger partial charge is 0.374 e. The zero-order valence-electron chi connectivity index (χ0n) is 13.9. The molecule has 0 radical (unpaired) electrons. The van der Waals surface area contributed by atoms with Gasteiger partial charge in [0.05, 0.1) is 5.69 Å². The van der Waals surface area contributed by atoms with E-state index in [-0.39, 0.29) is 0 Å². The van der Waals surface area contributed by atoms with Gasteiger partial charge < -0.3 is 10.2 Å². The molecule has 1 aromatic heterocycles. The molecule has 0 bridgehead atoms. The summed E-state index contributed by atoms with van der Waals surface area (Å²) in [5, 5.41) is 3.47. The Kier molecular flexibility index (Phi) is 6.50. The number of nitrogens with one attached hydrogen (secondary N) is 1. The van der Waals surface area contributed by atoms with Gasteiger partial charge in [-0.1, -0.05) is 33.1 Å². The average Bonchev–Trinajstić information content (AvgIpc) is 2.48. The minimum Gasteiger partial charge on any atom is -0.374 e. The van der Waals surface area contributed by atoms with E-state index in [9.17, 15) is 0 Å². The first-order chi connectivity index (χ1) is 10.1. The van der Waals surface area contributed by atoms with Gasteiger partial charge in [0.2, 0.25) is 0 Å². The molecule has 0 amide bonds. The highest BCUT2D eigenvalue weighted by Crippen LogP contribution is 2.25. The highest BCUT2D eigenvalue weighted by molar-refractivity contribution is 5.45. The predicted octanol–water partition coefficient (Wildman–Crippen LogP) is 3.84. The van der Waals surface area contributed by atoms with Crippen molar-refractivity contribution in [2.24, 2.45) is 11.8 Å². The van der Waals surface area contributed by atoms with E-state index in [1.165, 1.54) is 44.3 Å². The van der Waals surface area contributed by atoms with E-state index < -0.39 is 0 Å². The van der Waals surface area contributed by atoms with Gasteiger partial charge in [-0.15, -0.1) is 0 Å². The molecule has 0 unspecified atom stereocenters. The van der Waals surface area contributed by atoms with Crippen molar-refractivity contribution in [3.63, 3.8) is 0 Å². The van der Waals surface area contributed by atoms with Gasteiger partial charge in [0.1, 0.15) is 0 Å². The van der Waals surface area contributed by atoms with Gasteiger partial charge in [0, 0.05) is 32.0 Å². The third-order valence-electron chi connectivity index (χ3n) is 4.36. The van der Waals surface area contributed by atoms with Crippen LogP contribution >= 0.6 is 0 Å². The zero-order valence-corrected chi connectivity index (χ0v) is 13.9. The predicted molar refractivity (Wildman–Crippen MR) is 90.6 cm³/mol. The van der Waals surface area contributed by atoms with E-state index in [1.54, 1.807) is 0 Å². The zero-order chi connectivity index (χ0) is 15.1. The van der Waals surface area contributed by atoms with Crippen LogP contribution in [0, 0.1) is 11.8 Å². The topological polar surface area (TPSA) is 28.2 Å². The molecule has 1 aliphatic rings. The van der Waals surface area contributed by atoms with Crippen molar-refractivity contribution in [2.75, 3.05) is 25.0 Å². The lowest BCUT2D eigenvalue weighted by molar-refractivity contribution is 0.362. The first-order valence-corrected chi connectivity index (χ1v) is 8.52. The third-order valence-corrected chi connectivity index (χ3v) is 4.36. The highest BCUT2D eigenvalue weighted by atomic mass is 15.1. The summed E-state index contributed by atoms with van der Waals surface area (Å²) in [6, 6.07) is 4.37. The van der Waals surface area contributed by atoms with Crippen molar-refractivity contribution >= 4 is 5.69 Å². The Morgan fingerprint density at radius 2 is 2.05 bits per heavy atom. The van der Waals surface area contributed by atoms with Gasteiger partial charge in [0.25, 0.3) is 0 Å². The lowest BCUT2D eigenvalue weighted by Crippen LogP contribution is -2.27. The second-order valence-electron chi connectivity index (χ2n) is 6.91. The van der Waals surface area contributed by atoms with E-state index in [4.69, 9.17) is 0 Å². The second kappa shape index (κ2) is 8.38. The molecule has 0 aliphatic heterocycles. The monoisotopic (exact) mass is 289 g/mol. The number of anilines is 1. The van der Waals surface area contributed by atoms with E-state index in [0.29, 0.717) is 5.92 Å². The van der Waals surface area contributed by atoms with Gasteiger partial charge in [-0.25, -0.2) is 0 Å². The summed E-state index contributed by atoms with van der Waals surface area (Å²) >= 11 is 0. The van der Waals surface area contributed by atoms with Crippen LogP contribution in [-0.2, 0) is 6.54 Å². The number of nitrogens with zero attached hydrogens (tertiary/aromatic N) is 2. The molecule has 0 atom stereocenters. The summed E-state index contributed by atoms with van der Waals surface area (Å²) in [7, 11) is 2.22. The molecule has 21 heavy (non-hydrogen) atoms. The van der Waals surface area contributed by atoms with Crippen LogP contribution in [0.25, 0.3) is 0 Å². The Hall–Kier alpha value is -1.09. The first kappa shape index (κ1) is 16.3. The molecular formula is C18H31N3. The van der Waals surface area contributed by atoms with E-state index >= 15 is 0 Å². The molecule has 0 spiro atoms. The summed E-state index contributed by atoms with van der Waals surface area (Å²) in [6.45, 7) is 7.56. The molecule has 1 N–H and O–H groups in total. The Bertz CT molecular complexity index is 411. The van der Waals surface area contributed by atoms with Crippen LogP contribution in [0.5, 0.6) is 0 Å². The van der Waals surface area contributed by atoms with Crippen LogP contribution in [0.4, 0.5) is 5.69 Å². The smallest absolute Gasteiger partial charge is 0.0562 e. The maximum Gasteiger partial charge on any atom is 0.0562 e. The number of hydrogen-bond acceptors (Lipinski definition) is 3. The van der Waals surface area contributed by atoms with Crippen molar-refractivity contribution in [1.29, 1.82) is 0 Å². The van der Waals surface area contributed by atoms with Crippen LogP contribution in [0.2, 0.25) is 0 Å². The fourth-order valence-corrected chi connectivity index (χ4v) is 3.15. The number of rotatable bonds is 7. The molecule has 3 heteroatoms. The quantitative estimate of drug-likeness (QED) is 0.826. The van der Waals surface area contributed by atoms with Crippen LogP contribution < -0.4 is 10.2 Å². The fraction of sp³-hybridized carbons (Fsp3) is 0.722. The molecule has 0 aromatic carbocycles. The van der Waals surface area contributed by atoms with Crippen molar-refractivity contribution in [2.45, 2.75) is 52.5 Å². The lowest BCUT2D eigenvalue weighted by atomic mass is 9.89. The molecule has 1 aromatic rings. The normalized spacial score (nSPS) is 16.4.